The van der Waals surface area contributed by atoms with E-state index in [1.54, 1.807) is 22.5 Å². The zero-order valence-electron chi connectivity index (χ0n) is 14.9. The van der Waals surface area contributed by atoms with Crippen molar-refractivity contribution in [2.75, 3.05) is 37.9 Å². The fraction of sp³-hybridized carbons (Fsp3) is 0.368. The van der Waals surface area contributed by atoms with Crippen LogP contribution >= 0.6 is 0 Å². The number of hydrogen-bond acceptors (Lipinski definition) is 5. The third-order valence-corrected chi connectivity index (χ3v) is 6.81. The minimum Gasteiger partial charge on any atom is -0.454 e. The summed E-state index contributed by atoms with van der Waals surface area (Å²) in [4.78, 5) is 2.50. The van der Waals surface area contributed by atoms with Crippen LogP contribution < -0.4 is 14.4 Å². The Kier molecular flexibility index (Phi) is 4.28. The van der Waals surface area contributed by atoms with Crippen molar-refractivity contribution < 1.29 is 17.9 Å². The van der Waals surface area contributed by atoms with E-state index in [0.717, 1.165) is 0 Å². The highest BCUT2D eigenvalue weighted by Gasteiger charge is 2.30. The van der Waals surface area contributed by atoms with Gasteiger partial charge in [-0.3, -0.25) is 0 Å². The molecule has 2 heterocycles. The lowest BCUT2D eigenvalue weighted by Gasteiger charge is -2.36. The van der Waals surface area contributed by atoms with Gasteiger partial charge in [-0.15, -0.1) is 0 Å². The molecule has 2 aliphatic heterocycles. The minimum absolute atomic E-state index is 0.132. The van der Waals surface area contributed by atoms with Crippen LogP contribution in [0.25, 0.3) is 0 Å². The van der Waals surface area contributed by atoms with Crippen molar-refractivity contribution in [2.45, 2.75) is 18.7 Å². The number of fused-ring (bicyclic) bond motifs is 1. The van der Waals surface area contributed by atoms with Crippen molar-refractivity contribution in [2.24, 2.45) is 0 Å². The zero-order chi connectivity index (χ0) is 18.3. The summed E-state index contributed by atoms with van der Waals surface area (Å²) in [7, 11) is -3.53. The Morgan fingerprint density at radius 2 is 1.62 bits per heavy atom. The van der Waals surface area contributed by atoms with Gasteiger partial charge in [0.15, 0.2) is 11.5 Å². The maximum Gasteiger partial charge on any atom is 0.243 e. The number of sulfonamides is 1. The normalized spacial score (nSPS) is 17.5. The standard InChI is InChI=1S/C19H22N2O4S/c1-14-3-5-17(15(2)11-14)20-7-9-21(10-8-20)26(22,23)16-4-6-18-19(12-16)25-13-24-18/h3-6,11-12H,7-10,13H2,1-2H3. The molecule has 0 saturated carbocycles. The first kappa shape index (κ1) is 17.2. The van der Waals surface area contributed by atoms with E-state index in [4.69, 9.17) is 9.47 Å². The van der Waals surface area contributed by atoms with Gasteiger partial charge in [0.1, 0.15) is 0 Å². The Labute approximate surface area is 154 Å². The van der Waals surface area contributed by atoms with Gasteiger partial charge >= 0.3 is 0 Å². The molecule has 0 aliphatic carbocycles. The number of rotatable bonds is 3. The van der Waals surface area contributed by atoms with E-state index in [2.05, 4.69) is 36.9 Å². The minimum atomic E-state index is -3.53. The SMILES string of the molecule is Cc1ccc(N2CCN(S(=O)(=O)c3ccc4c(c3)OCO4)CC2)c(C)c1. The van der Waals surface area contributed by atoms with Gasteiger partial charge in [-0.05, 0) is 37.6 Å². The topological polar surface area (TPSA) is 59.1 Å². The molecule has 2 aromatic carbocycles. The van der Waals surface area contributed by atoms with Gasteiger partial charge in [0.2, 0.25) is 16.8 Å². The molecule has 4 rings (SSSR count). The van der Waals surface area contributed by atoms with E-state index < -0.39 is 10.0 Å². The lowest BCUT2D eigenvalue weighted by molar-refractivity contribution is 0.174. The Bertz CT molecular complexity index is 935. The molecular formula is C19H22N2O4S. The van der Waals surface area contributed by atoms with Crippen molar-refractivity contribution >= 4 is 15.7 Å². The fourth-order valence-electron chi connectivity index (χ4n) is 3.52. The molecule has 138 valence electrons. The fourth-order valence-corrected chi connectivity index (χ4v) is 4.95. The van der Waals surface area contributed by atoms with E-state index in [9.17, 15) is 8.42 Å². The number of hydrogen-bond donors (Lipinski definition) is 0. The average molecular weight is 374 g/mol. The summed E-state index contributed by atoms with van der Waals surface area (Å²) >= 11 is 0. The second kappa shape index (κ2) is 6.48. The molecule has 1 fully saturated rings. The maximum absolute atomic E-state index is 13.0. The average Bonchev–Trinajstić information content (AvgIpc) is 3.09. The van der Waals surface area contributed by atoms with Gasteiger partial charge < -0.3 is 14.4 Å². The van der Waals surface area contributed by atoms with Gasteiger partial charge in [0.05, 0.1) is 4.90 Å². The van der Waals surface area contributed by atoms with E-state index in [1.165, 1.54) is 16.8 Å². The summed E-state index contributed by atoms with van der Waals surface area (Å²) < 4.78 is 38.0. The molecule has 0 N–H and O–H groups in total. The lowest BCUT2D eigenvalue weighted by atomic mass is 10.1. The molecule has 7 heteroatoms. The molecule has 0 amide bonds. The second-order valence-corrected chi connectivity index (χ2v) is 8.63. The van der Waals surface area contributed by atoms with Crippen LogP contribution in [0.2, 0.25) is 0 Å². The molecule has 0 aromatic heterocycles. The van der Waals surface area contributed by atoms with Crippen LogP contribution in [-0.4, -0.2) is 45.7 Å². The number of aryl methyl sites for hydroxylation is 2. The summed E-state index contributed by atoms with van der Waals surface area (Å²) in [5.41, 5.74) is 3.63. The van der Waals surface area contributed by atoms with Crippen LogP contribution in [0.3, 0.4) is 0 Å². The number of benzene rings is 2. The van der Waals surface area contributed by atoms with Crippen molar-refractivity contribution in [1.82, 2.24) is 4.31 Å². The van der Waals surface area contributed by atoms with Gasteiger partial charge in [0.25, 0.3) is 0 Å². The third kappa shape index (κ3) is 3.01. The van der Waals surface area contributed by atoms with Gasteiger partial charge in [-0.2, -0.15) is 4.31 Å². The largest absolute Gasteiger partial charge is 0.454 e. The third-order valence-electron chi connectivity index (χ3n) is 4.91. The van der Waals surface area contributed by atoms with Crippen LogP contribution in [0.5, 0.6) is 11.5 Å². The molecular weight excluding hydrogens is 352 g/mol. The highest BCUT2D eigenvalue weighted by molar-refractivity contribution is 7.89. The summed E-state index contributed by atoms with van der Waals surface area (Å²) in [6.07, 6.45) is 0. The molecule has 0 bridgehead atoms. The van der Waals surface area contributed by atoms with Crippen LogP contribution in [-0.2, 0) is 10.0 Å². The monoisotopic (exact) mass is 374 g/mol. The maximum atomic E-state index is 13.0. The quantitative estimate of drug-likeness (QED) is 0.826. The molecule has 2 aliphatic rings. The van der Waals surface area contributed by atoms with Gasteiger partial charge in [0, 0.05) is 37.9 Å². The van der Waals surface area contributed by atoms with E-state index in [0.29, 0.717) is 37.7 Å². The lowest BCUT2D eigenvalue weighted by Crippen LogP contribution is -2.48. The number of ether oxygens (including phenoxy) is 2. The Hall–Kier alpha value is -2.25. The Balaban J connectivity index is 1.50. The second-order valence-electron chi connectivity index (χ2n) is 6.70. The smallest absolute Gasteiger partial charge is 0.243 e. The van der Waals surface area contributed by atoms with Gasteiger partial charge in [-0.1, -0.05) is 17.7 Å². The Morgan fingerprint density at radius 3 is 2.35 bits per heavy atom. The van der Waals surface area contributed by atoms with Crippen LogP contribution in [0, 0.1) is 13.8 Å². The zero-order valence-corrected chi connectivity index (χ0v) is 15.8. The van der Waals surface area contributed by atoms with Crippen LogP contribution in [0.1, 0.15) is 11.1 Å². The predicted octanol–water partition coefficient (Wildman–Crippen LogP) is 2.54. The molecule has 0 unspecified atom stereocenters. The van der Waals surface area contributed by atoms with Crippen molar-refractivity contribution in [3.63, 3.8) is 0 Å². The first-order valence-electron chi connectivity index (χ1n) is 8.67. The first-order valence-corrected chi connectivity index (χ1v) is 10.1. The summed E-state index contributed by atoms with van der Waals surface area (Å²) in [6.45, 7) is 6.58. The van der Waals surface area contributed by atoms with E-state index >= 15 is 0 Å². The number of piperazine rings is 1. The molecule has 0 spiro atoms. The van der Waals surface area contributed by atoms with Crippen LogP contribution in [0.4, 0.5) is 5.69 Å². The summed E-state index contributed by atoms with van der Waals surface area (Å²) in [5.74, 6) is 1.07. The molecule has 1 saturated heterocycles. The number of nitrogens with zero attached hydrogens (tertiary/aromatic N) is 2. The van der Waals surface area contributed by atoms with Crippen LogP contribution in [0.15, 0.2) is 41.3 Å². The molecule has 6 nitrogen and oxygen atoms in total. The molecule has 2 aromatic rings. The molecule has 0 radical (unpaired) electrons. The van der Waals surface area contributed by atoms with Crippen molar-refractivity contribution in [3.05, 3.63) is 47.5 Å². The first-order chi connectivity index (χ1) is 12.4. The highest BCUT2D eigenvalue weighted by atomic mass is 32.2. The molecule has 0 atom stereocenters. The predicted molar refractivity (Wildman–Crippen MR) is 99.5 cm³/mol. The van der Waals surface area contributed by atoms with Crippen molar-refractivity contribution in [1.29, 1.82) is 0 Å². The van der Waals surface area contributed by atoms with Gasteiger partial charge in [-0.25, -0.2) is 8.42 Å². The summed E-state index contributed by atoms with van der Waals surface area (Å²) in [6, 6.07) is 11.2. The van der Waals surface area contributed by atoms with E-state index in [-0.39, 0.29) is 11.7 Å². The molecule has 26 heavy (non-hydrogen) atoms. The van der Waals surface area contributed by atoms with Crippen molar-refractivity contribution in [3.8, 4) is 11.5 Å². The number of anilines is 1. The summed E-state index contributed by atoms with van der Waals surface area (Å²) in [5, 5.41) is 0. The Morgan fingerprint density at radius 1 is 0.885 bits per heavy atom. The highest BCUT2D eigenvalue weighted by Crippen LogP contribution is 2.35. The van der Waals surface area contributed by atoms with E-state index in [1.807, 2.05) is 0 Å².